The summed E-state index contributed by atoms with van der Waals surface area (Å²) < 4.78 is 15.7. The summed E-state index contributed by atoms with van der Waals surface area (Å²) in [6.07, 6.45) is 3.32. The number of carbonyl (C=O) groups excluding carboxylic acids is 1. The average Bonchev–Trinajstić information content (AvgIpc) is 3.22. The zero-order valence-corrected chi connectivity index (χ0v) is 16.0. The summed E-state index contributed by atoms with van der Waals surface area (Å²) in [5.74, 6) is -0.231. The Labute approximate surface area is 159 Å². The molecule has 1 aliphatic heterocycles. The summed E-state index contributed by atoms with van der Waals surface area (Å²) in [6, 6.07) is 10.5. The molecule has 0 aliphatic carbocycles. The van der Waals surface area contributed by atoms with Crippen LogP contribution in [0.4, 0.5) is 4.39 Å². The van der Waals surface area contributed by atoms with Gasteiger partial charge in [0.15, 0.2) is 5.69 Å². The largest absolute Gasteiger partial charge is 0.348 e. The lowest BCUT2D eigenvalue weighted by Crippen LogP contribution is -2.34. The molecule has 1 amide bonds. The second-order valence-electron chi connectivity index (χ2n) is 7.52. The number of aryl methyl sites for hydroxylation is 1. The number of halogens is 1. The van der Waals surface area contributed by atoms with E-state index in [1.54, 1.807) is 10.9 Å². The molecule has 1 aromatic heterocycles. The second kappa shape index (κ2) is 9.08. The van der Waals surface area contributed by atoms with Crippen LogP contribution in [0.1, 0.15) is 42.7 Å². The Kier molecular flexibility index (Phi) is 6.55. The number of aromatic nitrogens is 3. The van der Waals surface area contributed by atoms with Gasteiger partial charge in [0.25, 0.3) is 5.91 Å². The van der Waals surface area contributed by atoms with Crippen molar-refractivity contribution >= 4 is 5.91 Å². The Bertz CT molecular complexity index is 733. The maximum atomic E-state index is 14.0. The highest BCUT2D eigenvalue weighted by Gasteiger charge is 2.32. The first-order valence-electron chi connectivity index (χ1n) is 9.64. The van der Waals surface area contributed by atoms with E-state index in [1.165, 1.54) is 5.56 Å². The first kappa shape index (κ1) is 19.5. The first-order valence-corrected chi connectivity index (χ1v) is 9.64. The summed E-state index contributed by atoms with van der Waals surface area (Å²) in [7, 11) is 0. The molecule has 6 nitrogen and oxygen atoms in total. The van der Waals surface area contributed by atoms with Gasteiger partial charge in [-0.3, -0.25) is 14.4 Å². The SMILES string of the molecule is CC(C)NC(=O)c1cn(C[C@@H]2C[C@H](F)CN2CCCc2ccccc2)nn1. The van der Waals surface area contributed by atoms with E-state index in [9.17, 15) is 9.18 Å². The molecule has 146 valence electrons. The number of carbonyl (C=O) groups is 1. The molecule has 3 rings (SSSR count). The Balaban J connectivity index is 1.53. The summed E-state index contributed by atoms with van der Waals surface area (Å²) >= 11 is 0. The van der Waals surface area contributed by atoms with E-state index >= 15 is 0 Å². The van der Waals surface area contributed by atoms with E-state index in [1.807, 2.05) is 32.0 Å². The maximum Gasteiger partial charge on any atom is 0.273 e. The van der Waals surface area contributed by atoms with Crippen LogP contribution in [0.5, 0.6) is 0 Å². The lowest BCUT2D eigenvalue weighted by molar-refractivity contribution is 0.0938. The lowest BCUT2D eigenvalue weighted by atomic mass is 10.1. The number of hydrogen-bond acceptors (Lipinski definition) is 4. The number of hydrogen-bond donors (Lipinski definition) is 1. The Morgan fingerprint density at radius 3 is 2.85 bits per heavy atom. The van der Waals surface area contributed by atoms with Crippen LogP contribution in [0.15, 0.2) is 36.5 Å². The number of benzene rings is 1. The lowest BCUT2D eigenvalue weighted by Gasteiger charge is -2.23. The van der Waals surface area contributed by atoms with E-state index in [-0.39, 0.29) is 18.0 Å². The molecule has 1 aliphatic rings. The van der Waals surface area contributed by atoms with Crippen LogP contribution in [0.3, 0.4) is 0 Å². The van der Waals surface area contributed by atoms with Crippen LogP contribution in [0.25, 0.3) is 0 Å². The van der Waals surface area contributed by atoms with Crippen LogP contribution >= 0.6 is 0 Å². The van der Waals surface area contributed by atoms with Crippen molar-refractivity contribution in [2.75, 3.05) is 13.1 Å². The van der Waals surface area contributed by atoms with Gasteiger partial charge in [0.2, 0.25) is 0 Å². The zero-order valence-electron chi connectivity index (χ0n) is 16.0. The summed E-state index contributed by atoms with van der Waals surface area (Å²) in [5, 5.41) is 10.8. The predicted molar refractivity (Wildman–Crippen MR) is 102 cm³/mol. The first-order chi connectivity index (χ1) is 13.0. The Morgan fingerprint density at radius 2 is 2.11 bits per heavy atom. The van der Waals surface area contributed by atoms with Gasteiger partial charge in [-0.25, -0.2) is 4.39 Å². The van der Waals surface area contributed by atoms with Crippen LogP contribution in [-0.2, 0) is 13.0 Å². The third-order valence-electron chi connectivity index (χ3n) is 4.82. The molecule has 27 heavy (non-hydrogen) atoms. The van der Waals surface area contributed by atoms with Crippen molar-refractivity contribution in [3.8, 4) is 0 Å². The Hall–Kier alpha value is -2.28. The summed E-state index contributed by atoms with van der Waals surface area (Å²) in [6.45, 7) is 5.67. The standard InChI is InChI=1S/C20H28FN5O/c1-15(2)22-20(27)19-14-26(24-23-19)13-18-11-17(21)12-25(18)10-6-9-16-7-4-3-5-8-16/h3-5,7-8,14-15,17-18H,6,9-13H2,1-2H3,(H,22,27)/t17-,18-/m0/s1. The van der Waals surface area contributed by atoms with E-state index < -0.39 is 6.17 Å². The highest BCUT2D eigenvalue weighted by atomic mass is 19.1. The van der Waals surface area contributed by atoms with Crippen LogP contribution in [0.2, 0.25) is 0 Å². The number of nitrogens with one attached hydrogen (secondary N) is 1. The molecule has 2 heterocycles. The highest BCUT2D eigenvalue weighted by Crippen LogP contribution is 2.22. The van der Waals surface area contributed by atoms with Gasteiger partial charge in [-0.1, -0.05) is 35.5 Å². The molecule has 0 spiro atoms. The fourth-order valence-corrected chi connectivity index (χ4v) is 3.56. The van der Waals surface area contributed by atoms with Crippen molar-refractivity contribution in [3.05, 3.63) is 47.8 Å². The number of likely N-dealkylation sites (tertiary alicyclic amines) is 1. The van der Waals surface area contributed by atoms with Gasteiger partial charge in [0, 0.05) is 18.6 Å². The van der Waals surface area contributed by atoms with Crippen molar-refractivity contribution < 1.29 is 9.18 Å². The topological polar surface area (TPSA) is 63.1 Å². The number of rotatable bonds is 8. The quantitative estimate of drug-likeness (QED) is 0.772. The minimum Gasteiger partial charge on any atom is -0.348 e. The van der Waals surface area contributed by atoms with Gasteiger partial charge in [-0.2, -0.15) is 0 Å². The van der Waals surface area contributed by atoms with Gasteiger partial charge in [-0.15, -0.1) is 5.10 Å². The van der Waals surface area contributed by atoms with Gasteiger partial charge >= 0.3 is 0 Å². The van der Waals surface area contributed by atoms with Gasteiger partial charge in [-0.05, 0) is 45.2 Å². The van der Waals surface area contributed by atoms with Crippen molar-refractivity contribution in [1.29, 1.82) is 0 Å². The van der Waals surface area contributed by atoms with Crippen molar-refractivity contribution in [2.45, 2.75) is 57.9 Å². The fraction of sp³-hybridized carbons (Fsp3) is 0.550. The van der Waals surface area contributed by atoms with E-state index in [4.69, 9.17) is 0 Å². The van der Waals surface area contributed by atoms with Crippen LogP contribution in [-0.4, -0.2) is 57.1 Å². The zero-order chi connectivity index (χ0) is 19.2. The van der Waals surface area contributed by atoms with Crippen LogP contribution in [0, 0.1) is 0 Å². The highest BCUT2D eigenvalue weighted by molar-refractivity contribution is 5.91. The van der Waals surface area contributed by atoms with Crippen molar-refractivity contribution in [2.24, 2.45) is 0 Å². The molecular weight excluding hydrogens is 345 g/mol. The van der Waals surface area contributed by atoms with E-state index in [2.05, 4.69) is 32.7 Å². The molecule has 2 aromatic rings. The monoisotopic (exact) mass is 373 g/mol. The molecule has 1 saturated heterocycles. The van der Waals surface area contributed by atoms with Gasteiger partial charge < -0.3 is 5.32 Å². The molecule has 0 radical (unpaired) electrons. The van der Waals surface area contributed by atoms with Crippen molar-refractivity contribution in [1.82, 2.24) is 25.2 Å². The second-order valence-corrected chi connectivity index (χ2v) is 7.52. The molecule has 1 N–H and O–H groups in total. The molecule has 1 fully saturated rings. The normalized spacial score (nSPS) is 20.3. The summed E-state index contributed by atoms with van der Waals surface area (Å²) in [5.41, 5.74) is 1.61. The molecule has 0 unspecified atom stereocenters. The van der Waals surface area contributed by atoms with Gasteiger partial charge in [0.1, 0.15) is 6.17 Å². The van der Waals surface area contributed by atoms with E-state index in [0.717, 1.165) is 19.4 Å². The van der Waals surface area contributed by atoms with Crippen LogP contribution < -0.4 is 5.32 Å². The predicted octanol–water partition coefficient (Wildman–Crippen LogP) is 2.46. The molecular formula is C20H28FN5O. The third-order valence-corrected chi connectivity index (χ3v) is 4.82. The summed E-state index contributed by atoms with van der Waals surface area (Å²) in [4.78, 5) is 14.2. The molecule has 7 heteroatoms. The average molecular weight is 373 g/mol. The smallest absolute Gasteiger partial charge is 0.273 e. The third kappa shape index (κ3) is 5.60. The number of amides is 1. The number of alkyl halides is 1. The minimum atomic E-state index is -0.807. The number of nitrogens with zero attached hydrogens (tertiary/aromatic N) is 4. The Morgan fingerprint density at radius 1 is 1.33 bits per heavy atom. The minimum absolute atomic E-state index is 0.0462. The van der Waals surface area contributed by atoms with Gasteiger partial charge in [0.05, 0.1) is 12.7 Å². The van der Waals surface area contributed by atoms with E-state index in [0.29, 0.717) is 25.2 Å². The van der Waals surface area contributed by atoms with Crippen molar-refractivity contribution in [3.63, 3.8) is 0 Å². The molecule has 2 atom stereocenters. The fourth-order valence-electron chi connectivity index (χ4n) is 3.56. The maximum absolute atomic E-state index is 14.0. The molecule has 0 saturated carbocycles. The molecule has 0 bridgehead atoms. The molecule has 1 aromatic carbocycles.